The zero-order valence-corrected chi connectivity index (χ0v) is 18.4. The molecule has 0 unspecified atom stereocenters. The lowest BCUT2D eigenvalue weighted by Crippen LogP contribution is -2.43. The SMILES string of the molecule is CCCNC(=O)C1CCN(C(=O)CCc2nc3sc4c(c3c(=O)[nH]2)CCCC4)CC1. The lowest BCUT2D eigenvalue weighted by molar-refractivity contribution is -0.135. The highest BCUT2D eigenvalue weighted by Gasteiger charge is 2.27. The summed E-state index contributed by atoms with van der Waals surface area (Å²) >= 11 is 1.63. The summed E-state index contributed by atoms with van der Waals surface area (Å²) in [6.07, 6.45) is 7.42. The quantitative estimate of drug-likeness (QED) is 0.736. The van der Waals surface area contributed by atoms with E-state index in [4.69, 9.17) is 0 Å². The van der Waals surface area contributed by atoms with E-state index in [1.54, 1.807) is 11.3 Å². The highest BCUT2D eigenvalue weighted by molar-refractivity contribution is 7.18. The first-order chi connectivity index (χ1) is 14.6. The Bertz CT molecular complexity index is 988. The molecule has 2 N–H and O–H groups in total. The molecule has 162 valence electrons. The van der Waals surface area contributed by atoms with Crippen LogP contribution < -0.4 is 10.9 Å². The minimum Gasteiger partial charge on any atom is -0.356 e. The molecule has 0 bridgehead atoms. The summed E-state index contributed by atoms with van der Waals surface area (Å²) in [7, 11) is 0. The third-order valence-electron chi connectivity index (χ3n) is 6.22. The third kappa shape index (κ3) is 4.43. The van der Waals surface area contributed by atoms with Gasteiger partial charge in [0.05, 0.1) is 5.39 Å². The van der Waals surface area contributed by atoms with E-state index in [9.17, 15) is 14.4 Å². The normalized spacial score (nSPS) is 17.2. The van der Waals surface area contributed by atoms with Crippen molar-refractivity contribution in [3.63, 3.8) is 0 Å². The number of carbonyl (C=O) groups is 2. The fourth-order valence-electron chi connectivity index (χ4n) is 4.49. The first-order valence-electron chi connectivity index (χ1n) is 11.2. The summed E-state index contributed by atoms with van der Waals surface area (Å²) in [6, 6.07) is 0. The lowest BCUT2D eigenvalue weighted by atomic mass is 9.95. The highest BCUT2D eigenvalue weighted by atomic mass is 32.1. The Balaban J connectivity index is 1.34. The van der Waals surface area contributed by atoms with E-state index in [0.29, 0.717) is 51.1 Å². The summed E-state index contributed by atoms with van der Waals surface area (Å²) in [6.45, 7) is 3.97. The van der Waals surface area contributed by atoms with Gasteiger partial charge in [-0.15, -0.1) is 11.3 Å². The number of amides is 2. The maximum atomic E-state index is 12.6. The number of likely N-dealkylation sites (tertiary alicyclic amines) is 1. The van der Waals surface area contributed by atoms with Crippen LogP contribution in [0.4, 0.5) is 0 Å². The number of aromatic nitrogens is 2. The number of H-pyrrole nitrogens is 1. The van der Waals surface area contributed by atoms with E-state index in [2.05, 4.69) is 15.3 Å². The molecule has 0 radical (unpaired) electrons. The first kappa shape index (κ1) is 21.0. The van der Waals surface area contributed by atoms with Crippen LogP contribution in [0.2, 0.25) is 0 Å². The Morgan fingerprint density at radius 2 is 2.00 bits per heavy atom. The number of carbonyl (C=O) groups excluding carboxylic acids is 2. The Hall–Kier alpha value is -2.22. The molecule has 0 spiro atoms. The molecule has 7 nitrogen and oxygen atoms in total. The molecule has 2 amide bonds. The zero-order valence-electron chi connectivity index (χ0n) is 17.6. The molecule has 4 rings (SSSR count). The minimum absolute atomic E-state index is 0.00545. The van der Waals surface area contributed by atoms with Gasteiger partial charge in [0.1, 0.15) is 10.7 Å². The van der Waals surface area contributed by atoms with Crippen LogP contribution in [0, 0.1) is 5.92 Å². The van der Waals surface area contributed by atoms with Crippen molar-refractivity contribution in [1.29, 1.82) is 0 Å². The molecule has 1 aliphatic heterocycles. The van der Waals surface area contributed by atoms with Gasteiger partial charge < -0.3 is 15.2 Å². The van der Waals surface area contributed by atoms with Crippen LogP contribution in [0.5, 0.6) is 0 Å². The van der Waals surface area contributed by atoms with E-state index in [1.807, 2.05) is 11.8 Å². The van der Waals surface area contributed by atoms with Gasteiger partial charge in [-0.1, -0.05) is 6.92 Å². The molecule has 0 saturated carbocycles. The second-order valence-corrected chi connectivity index (χ2v) is 9.43. The lowest BCUT2D eigenvalue weighted by Gasteiger charge is -2.31. The number of aryl methyl sites for hydroxylation is 3. The molecule has 30 heavy (non-hydrogen) atoms. The van der Waals surface area contributed by atoms with Gasteiger partial charge in [-0.05, 0) is 50.5 Å². The molecule has 2 aliphatic rings. The van der Waals surface area contributed by atoms with Crippen molar-refractivity contribution in [3.8, 4) is 0 Å². The molecule has 1 fully saturated rings. The second kappa shape index (κ2) is 9.29. The smallest absolute Gasteiger partial charge is 0.259 e. The summed E-state index contributed by atoms with van der Waals surface area (Å²) in [4.78, 5) is 48.9. The number of nitrogens with one attached hydrogen (secondary N) is 2. The molecule has 1 aliphatic carbocycles. The fourth-order valence-corrected chi connectivity index (χ4v) is 5.77. The van der Waals surface area contributed by atoms with Gasteiger partial charge in [-0.25, -0.2) is 4.98 Å². The number of aromatic amines is 1. The van der Waals surface area contributed by atoms with Gasteiger partial charge in [0.25, 0.3) is 5.56 Å². The highest BCUT2D eigenvalue weighted by Crippen LogP contribution is 2.33. The summed E-state index contributed by atoms with van der Waals surface area (Å²) in [5, 5.41) is 3.70. The standard InChI is InChI=1S/C22H30N4O3S/c1-2-11-23-20(28)14-9-12-26(13-10-14)18(27)8-7-17-24-21(29)19-15-5-3-4-6-16(15)30-22(19)25-17/h14H,2-13H2,1H3,(H,23,28)(H,24,25,29). The molecule has 2 aromatic rings. The van der Waals surface area contributed by atoms with E-state index in [0.717, 1.165) is 35.9 Å². The maximum Gasteiger partial charge on any atom is 0.259 e. The Kier molecular flexibility index (Phi) is 6.51. The molecule has 8 heteroatoms. The van der Waals surface area contributed by atoms with Gasteiger partial charge in [-0.3, -0.25) is 14.4 Å². The number of hydrogen-bond acceptors (Lipinski definition) is 5. The molecule has 0 aromatic carbocycles. The van der Waals surface area contributed by atoms with Gasteiger partial charge in [0, 0.05) is 43.3 Å². The average Bonchev–Trinajstić information content (AvgIpc) is 3.14. The monoisotopic (exact) mass is 430 g/mol. The Morgan fingerprint density at radius 3 is 2.77 bits per heavy atom. The predicted molar refractivity (Wildman–Crippen MR) is 118 cm³/mol. The van der Waals surface area contributed by atoms with Crippen LogP contribution in [0.15, 0.2) is 4.79 Å². The first-order valence-corrected chi connectivity index (χ1v) is 12.0. The van der Waals surface area contributed by atoms with E-state index in [1.165, 1.54) is 16.9 Å². The molecule has 1 saturated heterocycles. The number of hydrogen-bond donors (Lipinski definition) is 2. The third-order valence-corrected chi connectivity index (χ3v) is 7.40. The van der Waals surface area contributed by atoms with Crippen LogP contribution in [-0.2, 0) is 28.9 Å². The van der Waals surface area contributed by atoms with Crippen LogP contribution in [0.25, 0.3) is 10.2 Å². The minimum atomic E-state index is -0.0687. The van der Waals surface area contributed by atoms with E-state index < -0.39 is 0 Å². The van der Waals surface area contributed by atoms with Crippen molar-refractivity contribution in [2.75, 3.05) is 19.6 Å². The maximum absolute atomic E-state index is 12.6. The van der Waals surface area contributed by atoms with Crippen LogP contribution >= 0.6 is 11.3 Å². The van der Waals surface area contributed by atoms with Gasteiger partial charge in [-0.2, -0.15) is 0 Å². The van der Waals surface area contributed by atoms with E-state index in [-0.39, 0.29) is 23.3 Å². The number of piperidine rings is 1. The molecule has 3 heterocycles. The number of thiophene rings is 1. The molecular weight excluding hydrogens is 400 g/mol. The van der Waals surface area contributed by atoms with Crippen molar-refractivity contribution >= 4 is 33.4 Å². The number of rotatable bonds is 6. The molecular formula is C22H30N4O3S. The van der Waals surface area contributed by atoms with Crippen molar-refractivity contribution in [1.82, 2.24) is 20.2 Å². The van der Waals surface area contributed by atoms with Crippen LogP contribution in [0.3, 0.4) is 0 Å². The van der Waals surface area contributed by atoms with Gasteiger partial charge in [0.2, 0.25) is 11.8 Å². The topological polar surface area (TPSA) is 95.2 Å². The Morgan fingerprint density at radius 1 is 1.23 bits per heavy atom. The zero-order chi connectivity index (χ0) is 21.1. The summed E-state index contributed by atoms with van der Waals surface area (Å²) < 4.78 is 0. The van der Waals surface area contributed by atoms with Crippen molar-refractivity contribution < 1.29 is 9.59 Å². The van der Waals surface area contributed by atoms with Crippen molar-refractivity contribution in [2.45, 2.75) is 64.7 Å². The Labute approximate surface area is 180 Å². The number of nitrogens with zero attached hydrogens (tertiary/aromatic N) is 2. The largest absolute Gasteiger partial charge is 0.356 e. The van der Waals surface area contributed by atoms with Gasteiger partial charge >= 0.3 is 0 Å². The molecule has 0 atom stereocenters. The van der Waals surface area contributed by atoms with Crippen molar-refractivity contribution in [2.24, 2.45) is 5.92 Å². The second-order valence-electron chi connectivity index (χ2n) is 8.35. The van der Waals surface area contributed by atoms with Crippen LogP contribution in [-0.4, -0.2) is 46.3 Å². The summed E-state index contributed by atoms with van der Waals surface area (Å²) in [5.41, 5.74) is 1.12. The number of fused-ring (bicyclic) bond motifs is 3. The fraction of sp³-hybridized carbons (Fsp3) is 0.636. The van der Waals surface area contributed by atoms with Crippen LogP contribution in [0.1, 0.15) is 61.7 Å². The predicted octanol–water partition coefficient (Wildman–Crippen LogP) is 2.56. The summed E-state index contributed by atoms with van der Waals surface area (Å²) in [5.74, 6) is 0.771. The average molecular weight is 431 g/mol. The van der Waals surface area contributed by atoms with Gasteiger partial charge in [0.15, 0.2) is 0 Å². The van der Waals surface area contributed by atoms with E-state index >= 15 is 0 Å². The molecule has 2 aromatic heterocycles. The van der Waals surface area contributed by atoms with Crippen molar-refractivity contribution in [3.05, 3.63) is 26.6 Å².